The van der Waals surface area contributed by atoms with Gasteiger partial charge in [-0.25, -0.2) is 0 Å². The minimum Gasteiger partial charge on any atom is -0.426 e. The van der Waals surface area contributed by atoms with Gasteiger partial charge in [0.05, 0.1) is 23.2 Å². The van der Waals surface area contributed by atoms with Gasteiger partial charge in [-0.05, 0) is 93.5 Å². The van der Waals surface area contributed by atoms with Gasteiger partial charge in [0.15, 0.2) is 0 Å². The van der Waals surface area contributed by atoms with E-state index < -0.39 is 0 Å². The number of benzene rings is 1. The molecule has 2 heterocycles. The Morgan fingerprint density at radius 2 is 1.25 bits per heavy atom. The first-order valence-corrected chi connectivity index (χ1v) is 15.3. The van der Waals surface area contributed by atoms with Crippen molar-refractivity contribution in [1.29, 1.82) is 0 Å². The van der Waals surface area contributed by atoms with Gasteiger partial charge in [-0.2, -0.15) is 0 Å². The summed E-state index contributed by atoms with van der Waals surface area (Å²) in [6.45, 7) is 4.44. The van der Waals surface area contributed by atoms with E-state index in [-0.39, 0.29) is 23.8 Å². The molecule has 0 saturated heterocycles. The Labute approximate surface area is 237 Å². The van der Waals surface area contributed by atoms with E-state index >= 15 is 0 Å². The molecule has 5 rings (SSSR count). The summed E-state index contributed by atoms with van der Waals surface area (Å²) in [5, 5.41) is 1.35. The van der Waals surface area contributed by atoms with Gasteiger partial charge in [0, 0.05) is 23.2 Å². The molecular formula is C34H42N2O4. The number of esters is 2. The molecule has 0 atom stereocenters. The van der Waals surface area contributed by atoms with Crippen LogP contribution in [0.15, 0.2) is 48.8 Å². The average molecular weight is 543 g/mol. The van der Waals surface area contributed by atoms with Crippen LogP contribution in [-0.4, -0.2) is 21.9 Å². The van der Waals surface area contributed by atoms with Gasteiger partial charge in [0.25, 0.3) is 0 Å². The maximum Gasteiger partial charge on any atom is 0.314 e. The molecule has 2 aromatic heterocycles. The Kier molecular flexibility index (Phi) is 9.45. The molecule has 2 saturated carbocycles. The zero-order valence-corrected chi connectivity index (χ0v) is 23.9. The quantitative estimate of drug-likeness (QED) is 0.200. The number of ether oxygens (including phenoxy) is 2. The molecule has 0 radical (unpaired) electrons. The van der Waals surface area contributed by atoms with Crippen molar-refractivity contribution in [2.75, 3.05) is 0 Å². The summed E-state index contributed by atoms with van der Waals surface area (Å²) in [5.41, 5.74) is 1.39. The fourth-order valence-corrected chi connectivity index (χ4v) is 6.59. The van der Waals surface area contributed by atoms with E-state index in [9.17, 15) is 9.59 Å². The van der Waals surface area contributed by atoms with Crippen LogP contribution in [0.1, 0.15) is 90.9 Å². The minimum atomic E-state index is -0.182. The molecule has 0 aliphatic heterocycles. The summed E-state index contributed by atoms with van der Waals surface area (Å²) in [5.74, 6) is 1.84. The van der Waals surface area contributed by atoms with Crippen LogP contribution in [-0.2, 0) is 9.59 Å². The van der Waals surface area contributed by atoms with E-state index in [1.807, 2.05) is 24.3 Å². The lowest BCUT2D eigenvalue weighted by molar-refractivity contribution is -0.141. The molecule has 0 N–H and O–H groups in total. The topological polar surface area (TPSA) is 78.4 Å². The molecule has 6 heteroatoms. The first-order valence-electron chi connectivity index (χ1n) is 15.3. The predicted octanol–water partition coefficient (Wildman–Crippen LogP) is 8.32. The van der Waals surface area contributed by atoms with Crippen molar-refractivity contribution in [2.24, 2.45) is 23.7 Å². The number of carbonyl (C=O) groups excluding carboxylic acids is 2. The summed E-state index contributed by atoms with van der Waals surface area (Å²) in [6, 6.07) is 11.1. The maximum atomic E-state index is 13.2. The van der Waals surface area contributed by atoms with Gasteiger partial charge >= 0.3 is 11.9 Å². The lowest BCUT2D eigenvalue weighted by Gasteiger charge is -2.27. The van der Waals surface area contributed by atoms with Crippen LogP contribution in [0.3, 0.4) is 0 Å². The van der Waals surface area contributed by atoms with Crippen molar-refractivity contribution >= 4 is 22.7 Å². The van der Waals surface area contributed by atoms with Crippen LogP contribution in [0.5, 0.6) is 11.5 Å². The van der Waals surface area contributed by atoms with E-state index in [2.05, 4.69) is 23.8 Å². The second kappa shape index (κ2) is 13.4. The molecule has 40 heavy (non-hydrogen) atoms. The number of hydrogen-bond acceptors (Lipinski definition) is 6. The standard InChI is InChI=1S/C34H42N2O4/c1-3-7-23-10-14-25(15-11-23)33(37)39-31-18-19-32(40-34(38)26-16-12-24(8-4-2)13-17-26)28-22-36-30(21-27(28)31)29-9-5-6-20-35-29/h5-6,9,18-26H,3-4,7-8,10-17H2,1-2H3/t23-,24-,25-,26-. The highest BCUT2D eigenvalue weighted by atomic mass is 16.5. The molecule has 2 aliphatic carbocycles. The Balaban J connectivity index is 1.38. The van der Waals surface area contributed by atoms with Crippen LogP contribution >= 0.6 is 0 Å². The first-order chi connectivity index (χ1) is 19.6. The highest BCUT2D eigenvalue weighted by Crippen LogP contribution is 2.38. The van der Waals surface area contributed by atoms with Crippen molar-refractivity contribution in [3.63, 3.8) is 0 Å². The van der Waals surface area contributed by atoms with Gasteiger partial charge in [0.2, 0.25) is 0 Å². The van der Waals surface area contributed by atoms with Crippen LogP contribution in [0, 0.1) is 23.7 Å². The van der Waals surface area contributed by atoms with E-state index in [0.29, 0.717) is 28.0 Å². The Morgan fingerprint density at radius 3 is 1.75 bits per heavy atom. The fourth-order valence-electron chi connectivity index (χ4n) is 6.59. The highest BCUT2D eigenvalue weighted by Gasteiger charge is 2.30. The number of rotatable bonds is 9. The van der Waals surface area contributed by atoms with Gasteiger partial charge in [-0.15, -0.1) is 0 Å². The predicted molar refractivity (Wildman–Crippen MR) is 157 cm³/mol. The van der Waals surface area contributed by atoms with Crippen LogP contribution in [0.2, 0.25) is 0 Å². The Hall–Kier alpha value is -3.28. The Bertz CT molecular complexity index is 1290. The smallest absolute Gasteiger partial charge is 0.314 e. The highest BCUT2D eigenvalue weighted by molar-refractivity contribution is 5.97. The molecular weight excluding hydrogens is 500 g/mol. The third-order valence-corrected chi connectivity index (χ3v) is 8.92. The summed E-state index contributed by atoms with van der Waals surface area (Å²) in [4.78, 5) is 35.5. The van der Waals surface area contributed by atoms with Crippen LogP contribution in [0.4, 0.5) is 0 Å². The number of carbonyl (C=O) groups is 2. The van der Waals surface area contributed by atoms with Crippen molar-refractivity contribution in [3.8, 4) is 22.9 Å². The lowest BCUT2D eigenvalue weighted by atomic mass is 9.80. The molecule has 212 valence electrons. The second-order valence-electron chi connectivity index (χ2n) is 11.7. The normalized spacial score (nSPS) is 23.1. The molecule has 0 spiro atoms. The molecule has 0 bridgehead atoms. The van der Waals surface area contributed by atoms with E-state index in [1.54, 1.807) is 24.5 Å². The number of fused-ring (bicyclic) bond motifs is 1. The summed E-state index contributed by atoms with van der Waals surface area (Å²) in [6.07, 6.45) is 16.1. The third-order valence-electron chi connectivity index (χ3n) is 8.92. The largest absolute Gasteiger partial charge is 0.426 e. The number of pyridine rings is 2. The minimum absolute atomic E-state index is 0.0794. The molecule has 1 aromatic carbocycles. The van der Waals surface area contributed by atoms with E-state index in [0.717, 1.165) is 68.9 Å². The molecule has 0 unspecified atom stereocenters. The number of hydrogen-bond donors (Lipinski definition) is 0. The van der Waals surface area contributed by atoms with Crippen molar-refractivity contribution in [2.45, 2.75) is 90.9 Å². The SMILES string of the molecule is CCC[C@H]1CC[C@H](C(=O)Oc2ccc(OC(=O)[C@H]3CC[C@H](CCC)CC3)c3cc(-c4ccccn4)ncc23)CC1. The van der Waals surface area contributed by atoms with Crippen molar-refractivity contribution in [3.05, 3.63) is 48.8 Å². The van der Waals surface area contributed by atoms with E-state index in [4.69, 9.17) is 9.47 Å². The zero-order chi connectivity index (χ0) is 27.9. The first kappa shape index (κ1) is 28.3. The van der Waals surface area contributed by atoms with Crippen molar-refractivity contribution in [1.82, 2.24) is 9.97 Å². The van der Waals surface area contributed by atoms with Gasteiger partial charge < -0.3 is 9.47 Å². The fraction of sp³-hybridized carbons (Fsp3) is 0.529. The van der Waals surface area contributed by atoms with Gasteiger partial charge in [-0.3, -0.25) is 19.6 Å². The van der Waals surface area contributed by atoms with Gasteiger partial charge in [0.1, 0.15) is 11.5 Å². The summed E-state index contributed by atoms with van der Waals surface area (Å²) < 4.78 is 12.0. The molecule has 0 amide bonds. The molecule has 3 aromatic rings. The van der Waals surface area contributed by atoms with Crippen molar-refractivity contribution < 1.29 is 19.1 Å². The average Bonchev–Trinajstić information content (AvgIpc) is 2.99. The number of aromatic nitrogens is 2. The Morgan fingerprint density at radius 1 is 0.700 bits per heavy atom. The molecule has 6 nitrogen and oxygen atoms in total. The number of nitrogens with zero attached hydrogens (tertiary/aromatic N) is 2. The van der Waals surface area contributed by atoms with Crippen LogP contribution < -0.4 is 9.47 Å². The zero-order valence-electron chi connectivity index (χ0n) is 23.9. The van der Waals surface area contributed by atoms with E-state index in [1.165, 1.54) is 25.7 Å². The molecule has 2 aliphatic rings. The lowest BCUT2D eigenvalue weighted by Crippen LogP contribution is -2.26. The molecule has 2 fully saturated rings. The second-order valence-corrected chi connectivity index (χ2v) is 11.7. The maximum absolute atomic E-state index is 13.2. The summed E-state index contributed by atoms with van der Waals surface area (Å²) in [7, 11) is 0. The van der Waals surface area contributed by atoms with Crippen LogP contribution in [0.25, 0.3) is 22.2 Å². The van der Waals surface area contributed by atoms with Gasteiger partial charge in [-0.1, -0.05) is 45.6 Å². The summed E-state index contributed by atoms with van der Waals surface area (Å²) >= 11 is 0. The third kappa shape index (κ3) is 6.71. The monoisotopic (exact) mass is 542 g/mol.